The highest BCUT2D eigenvalue weighted by Crippen LogP contribution is 2.17. The van der Waals surface area contributed by atoms with Crippen LogP contribution in [-0.2, 0) is 17.8 Å². The second-order valence-corrected chi connectivity index (χ2v) is 5.45. The number of rotatable bonds is 5. The molecular weight excluding hydrogens is 304 g/mol. The van der Waals surface area contributed by atoms with Crippen molar-refractivity contribution in [3.8, 4) is 11.4 Å². The monoisotopic (exact) mass is 322 g/mol. The number of hydrogen-bond donors (Lipinski definition) is 0. The van der Waals surface area contributed by atoms with Gasteiger partial charge in [0.2, 0.25) is 5.82 Å². The molecule has 3 aromatic rings. The summed E-state index contributed by atoms with van der Waals surface area (Å²) in [5.41, 5.74) is 3.51. The van der Waals surface area contributed by atoms with E-state index < -0.39 is 5.97 Å². The first-order valence-electron chi connectivity index (χ1n) is 7.82. The highest BCUT2D eigenvalue weighted by molar-refractivity contribution is 5.90. The quantitative estimate of drug-likeness (QED) is 0.665. The Morgan fingerprint density at radius 3 is 2.58 bits per heavy atom. The standard InChI is InChI=1S/C19H18N2O3/c1-3-14-8-10-15(11-9-14)18-20-17(24-21-18)12-23-19(22)16-7-5-4-6-13(16)2/h4-11H,3,12H2,1-2H3. The van der Waals surface area contributed by atoms with Crippen LogP contribution < -0.4 is 0 Å². The zero-order chi connectivity index (χ0) is 16.9. The van der Waals surface area contributed by atoms with E-state index in [1.165, 1.54) is 5.56 Å². The summed E-state index contributed by atoms with van der Waals surface area (Å²) in [5.74, 6) is 0.353. The molecule has 0 N–H and O–H groups in total. The summed E-state index contributed by atoms with van der Waals surface area (Å²) in [7, 11) is 0. The first-order valence-corrected chi connectivity index (χ1v) is 7.82. The molecule has 1 heterocycles. The highest BCUT2D eigenvalue weighted by atomic mass is 16.6. The van der Waals surface area contributed by atoms with Gasteiger partial charge in [-0.1, -0.05) is 54.5 Å². The SMILES string of the molecule is CCc1ccc(-c2noc(COC(=O)c3ccccc3C)n2)cc1. The molecule has 122 valence electrons. The third-order valence-electron chi connectivity index (χ3n) is 3.78. The molecule has 0 amide bonds. The predicted molar refractivity (Wildman–Crippen MR) is 89.4 cm³/mol. The minimum Gasteiger partial charge on any atom is -0.452 e. The van der Waals surface area contributed by atoms with E-state index in [2.05, 4.69) is 17.1 Å². The molecule has 0 aliphatic rings. The van der Waals surface area contributed by atoms with E-state index in [-0.39, 0.29) is 12.5 Å². The van der Waals surface area contributed by atoms with E-state index in [0.29, 0.717) is 11.4 Å². The van der Waals surface area contributed by atoms with E-state index in [9.17, 15) is 4.79 Å². The molecule has 0 saturated carbocycles. The summed E-state index contributed by atoms with van der Waals surface area (Å²) in [6.07, 6.45) is 0.979. The van der Waals surface area contributed by atoms with E-state index in [4.69, 9.17) is 9.26 Å². The van der Waals surface area contributed by atoms with Crippen LogP contribution in [0.25, 0.3) is 11.4 Å². The van der Waals surface area contributed by atoms with E-state index in [1.54, 1.807) is 12.1 Å². The van der Waals surface area contributed by atoms with Gasteiger partial charge in [-0.3, -0.25) is 0 Å². The first-order chi connectivity index (χ1) is 11.7. The van der Waals surface area contributed by atoms with E-state index >= 15 is 0 Å². The van der Waals surface area contributed by atoms with Crippen molar-refractivity contribution in [1.29, 1.82) is 0 Å². The van der Waals surface area contributed by atoms with Gasteiger partial charge in [-0.15, -0.1) is 0 Å². The Balaban J connectivity index is 1.66. The number of aromatic nitrogens is 2. The summed E-state index contributed by atoms with van der Waals surface area (Å²) in [6.45, 7) is 3.92. The van der Waals surface area contributed by atoms with Gasteiger partial charge < -0.3 is 9.26 Å². The molecule has 24 heavy (non-hydrogen) atoms. The molecule has 0 atom stereocenters. The maximum absolute atomic E-state index is 12.1. The van der Waals surface area contributed by atoms with Crippen molar-refractivity contribution < 1.29 is 14.1 Å². The van der Waals surface area contributed by atoms with Gasteiger partial charge in [0.15, 0.2) is 6.61 Å². The predicted octanol–water partition coefficient (Wildman–Crippen LogP) is 3.96. The Hall–Kier alpha value is -2.95. The molecule has 0 fully saturated rings. The van der Waals surface area contributed by atoms with E-state index in [0.717, 1.165) is 17.5 Å². The molecule has 5 nitrogen and oxygen atoms in total. The summed E-state index contributed by atoms with van der Waals surface area (Å²) < 4.78 is 10.4. The number of aryl methyl sites for hydroxylation is 2. The molecule has 0 spiro atoms. The number of nitrogens with zero attached hydrogens (tertiary/aromatic N) is 2. The van der Waals surface area contributed by atoms with Crippen LogP contribution in [0.4, 0.5) is 0 Å². The number of ether oxygens (including phenoxy) is 1. The fraction of sp³-hybridized carbons (Fsp3) is 0.211. The normalized spacial score (nSPS) is 10.6. The minimum atomic E-state index is -0.403. The second kappa shape index (κ2) is 7.08. The maximum Gasteiger partial charge on any atom is 0.338 e. The van der Waals surface area contributed by atoms with Crippen molar-refractivity contribution in [1.82, 2.24) is 10.1 Å². The summed E-state index contributed by atoms with van der Waals surface area (Å²) in [4.78, 5) is 16.3. The van der Waals surface area contributed by atoms with Crippen molar-refractivity contribution in [3.05, 3.63) is 71.1 Å². The van der Waals surface area contributed by atoms with Crippen molar-refractivity contribution in [2.45, 2.75) is 26.9 Å². The van der Waals surface area contributed by atoms with Gasteiger partial charge in [0.05, 0.1) is 5.56 Å². The fourth-order valence-corrected chi connectivity index (χ4v) is 2.33. The number of benzene rings is 2. The maximum atomic E-state index is 12.1. The van der Waals surface area contributed by atoms with Crippen LogP contribution in [0.1, 0.15) is 34.3 Å². The number of hydrogen-bond acceptors (Lipinski definition) is 5. The average Bonchev–Trinajstić information content (AvgIpc) is 3.09. The Labute approximate surface area is 140 Å². The Morgan fingerprint density at radius 1 is 1.12 bits per heavy atom. The number of carbonyl (C=O) groups is 1. The summed E-state index contributed by atoms with van der Waals surface area (Å²) >= 11 is 0. The van der Waals surface area contributed by atoms with Crippen molar-refractivity contribution in [3.63, 3.8) is 0 Å². The molecular formula is C19H18N2O3. The van der Waals surface area contributed by atoms with Gasteiger partial charge in [0.25, 0.3) is 5.89 Å². The molecule has 0 saturated heterocycles. The zero-order valence-electron chi connectivity index (χ0n) is 13.7. The van der Waals surface area contributed by atoms with Gasteiger partial charge in [-0.2, -0.15) is 4.98 Å². The third-order valence-corrected chi connectivity index (χ3v) is 3.78. The minimum absolute atomic E-state index is 0.0484. The molecule has 0 aliphatic heterocycles. The van der Waals surface area contributed by atoms with Crippen LogP contribution in [0.5, 0.6) is 0 Å². The first kappa shape index (κ1) is 15.9. The fourth-order valence-electron chi connectivity index (χ4n) is 2.33. The number of carbonyl (C=O) groups excluding carboxylic acids is 1. The van der Waals surface area contributed by atoms with Crippen LogP contribution in [0.15, 0.2) is 53.1 Å². The summed E-state index contributed by atoms with van der Waals surface area (Å²) in [5, 5.41) is 3.93. The van der Waals surface area contributed by atoms with Crippen LogP contribution >= 0.6 is 0 Å². The van der Waals surface area contributed by atoms with E-state index in [1.807, 2.05) is 43.3 Å². The third kappa shape index (κ3) is 3.51. The van der Waals surface area contributed by atoms with Gasteiger partial charge in [0.1, 0.15) is 0 Å². The Morgan fingerprint density at radius 2 is 1.88 bits per heavy atom. The van der Waals surface area contributed by atoms with Crippen LogP contribution in [0.3, 0.4) is 0 Å². The number of esters is 1. The van der Waals surface area contributed by atoms with Crippen molar-refractivity contribution in [2.24, 2.45) is 0 Å². The second-order valence-electron chi connectivity index (χ2n) is 5.45. The Kier molecular flexibility index (Phi) is 4.70. The van der Waals surface area contributed by atoms with Crippen LogP contribution in [0, 0.1) is 6.92 Å². The molecule has 2 aromatic carbocycles. The summed E-state index contributed by atoms with van der Waals surface area (Å²) in [6, 6.07) is 15.2. The smallest absolute Gasteiger partial charge is 0.338 e. The molecule has 0 radical (unpaired) electrons. The molecule has 3 rings (SSSR count). The van der Waals surface area contributed by atoms with Crippen LogP contribution in [-0.4, -0.2) is 16.1 Å². The average molecular weight is 322 g/mol. The van der Waals surface area contributed by atoms with Crippen LogP contribution in [0.2, 0.25) is 0 Å². The molecule has 0 bridgehead atoms. The highest BCUT2D eigenvalue weighted by Gasteiger charge is 2.13. The lowest BCUT2D eigenvalue weighted by atomic mass is 10.1. The van der Waals surface area contributed by atoms with Gasteiger partial charge in [0, 0.05) is 5.56 Å². The van der Waals surface area contributed by atoms with Gasteiger partial charge in [-0.25, -0.2) is 4.79 Å². The molecule has 1 aromatic heterocycles. The lowest BCUT2D eigenvalue weighted by Crippen LogP contribution is -2.07. The van der Waals surface area contributed by atoms with Gasteiger partial charge >= 0.3 is 5.97 Å². The molecule has 0 unspecified atom stereocenters. The van der Waals surface area contributed by atoms with Crippen molar-refractivity contribution in [2.75, 3.05) is 0 Å². The van der Waals surface area contributed by atoms with Crippen molar-refractivity contribution >= 4 is 5.97 Å². The largest absolute Gasteiger partial charge is 0.452 e. The zero-order valence-corrected chi connectivity index (χ0v) is 13.7. The molecule has 5 heteroatoms. The topological polar surface area (TPSA) is 65.2 Å². The van der Waals surface area contributed by atoms with Gasteiger partial charge in [-0.05, 0) is 30.5 Å². The molecule has 0 aliphatic carbocycles. The lowest BCUT2D eigenvalue weighted by Gasteiger charge is -2.04. The lowest BCUT2D eigenvalue weighted by molar-refractivity contribution is 0.0429. The Bertz CT molecular complexity index is 838.